The molecule has 0 heterocycles. The summed E-state index contributed by atoms with van der Waals surface area (Å²) in [4.78, 5) is 10.2. The molecule has 0 atom stereocenters. The molecule has 0 saturated heterocycles. The Morgan fingerprint density at radius 1 is 1.20 bits per heavy atom. The second kappa shape index (κ2) is 6.11. The van der Waals surface area contributed by atoms with E-state index in [0.29, 0.717) is 0 Å². The monoisotopic (exact) mass is 206 g/mol. The van der Waals surface area contributed by atoms with Crippen molar-refractivity contribution < 1.29 is 14.3 Å². The fourth-order valence-corrected chi connectivity index (χ4v) is 1.37. The molecule has 0 saturated carbocycles. The molecule has 0 aromatic heterocycles. The van der Waals surface area contributed by atoms with E-state index in [-0.39, 0.29) is 0 Å². The summed E-state index contributed by atoms with van der Waals surface area (Å²) in [6.07, 6.45) is 3.51. The first kappa shape index (κ1) is 11.6. The number of hydrogen-bond acceptors (Lipinski definition) is 3. The maximum absolute atomic E-state index is 10.2. The van der Waals surface area contributed by atoms with E-state index in [1.165, 1.54) is 6.08 Å². The van der Waals surface area contributed by atoms with Gasteiger partial charge in [0.2, 0.25) is 0 Å². The molecule has 15 heavy (non-hydrogen) atoms. The van der Waals surface area contributed by atoms with Crippen LogP contribution in [0.5, 0.6) is 0 Å². The molecule has 0 spiro atoms. The summed E-state index contributed by atoms with van der Waals surface area (Å²) in [5.74, 6) is 0. The lowest BCUT2D eigenvalue weighted by atomic mass is 10.1. The van der Waals surface area contributed by atoms with Crippen molar-refractivity contribution >= 4 is 12.4 Å². The first-order chi connectivity index (χ1) is 7.33. The second-order valence-electron chi connectivity index (χ2n) is 2.93. The standard InChI is InChI=1S/C12H14O3/c1-14-12(15-2)11-8-4-3-6-10(11)7-5-9-13/h3-9,12H,1-2H3. The SMILES string of the molecule is COC(OC)c1ccccc1C=CC=O. The summed E-state index contributed by atoms with van der Waals surface area (Å²) in [6, 6.07) is 7.61. The number of hydrogen-bond donors (Lipinski definition) is 0. The van der Waals surface area contributed by atoms with E-state index in [4.69, 9.17) is 9.47 Å². The van der Waals surface area contributed by atoms with Gasteiger partial charge >= 0.3 is 0 Å². The summed E-state index contributed by atoms with van der Waals surface area (Å²) in [5.41, 5.74) is 1.82. The number of carbonyl (C=O) groups excluding carboxylic acids is 1. The lowest BCUT2D eigenvalue weighted by molar-refractivity contribution is -0.106. The molecule has 3 heteroatoms. The molecule has 0 bridgehead atoms. The Balaban J connectivity index is 3.04. The highest BCUT2D eigenvalue weighted by atomic mass is 16.7. The predicted molar refractivity (Wildman–Crippen MR) is 58.3 cm³/mol. The summed E-state index contributed by atoms with van der Waals surface area (Å²) in [5, 5.41) is 0. The molecule has 0 aliphatic rings. The van der Waals surface area contributed by atoms with Crippen molar-refractivity contribution in [3.63, 3.8) is 0 Å². The average molecular weight is 206 g/mol. The minimum atomic E-state index is -0.405. The van der Waals surface area contributed by atoms with E-state index in [9.17, 15) is 4.79 Å². The van der Waals surface area contributed by atoms with Crippen LogP contribution in [0, 0.1) is 0 Å². The van der Waals surface area contributed by atoms with Gasteiger partial charge in [-0.1, -0.05) is 30.3 Å². The summed E-state index contributed by atoms with van der Waals surface area (Å²) in [7, 11) is 3.16. The highest BCUT2D eigenvalue weighted by Crippen LogP contribution is 2.22. The summed E-state index contributed by atoms with van der Waals surface area (Å²) < 4.78 is 10.3. The van der Waals surface area contributed by atoms with Crippen molar-refractivity contribution in [3.8, 4) is 0 Å². The van der Waals surface area contributed by atoms with E-state index < -0.39 is 6.29 Å². The number of benzene rings is 1. The van der Waals surface area contributed by atoms with Crippen LogP contribution in [0.3, 0.4) is 0 Å². The summed E-state index contributed by atoms with van der Waals surface area (Å²) in [6.45, 7) is 0. The van der Waals surface area contributed by atoms with Gasteiger partial charge in [0, 0.05) is 19.8 Å². The molecule has 0 aliphatic carbocycles. The van der Waals surface area contributed by atoms with Gasteiger partial charge in [0.25, 0.3) is 0 Å². The van der Waals surface area contributed by atoms with E-state index in [1.54, 1.807) is 20.3 Å². The van der Waals surface area contributed by atoms with Gasteiger partial charge in [-0.15, -0.1) is 0 Å². The highest BCUT2D eigenvalue weighted by Gasteiger charge is 2.11. The molecule has 0 N–H and O–H groups in total. The van der Waals surface area contributed by atoms with Crippen LogP contribution in [0.2, 0.25) is 0 Å². The molecule has 1 rings (SSSR count). The van der Waals surface area contributed by atoms with Crippen LogP contribution in [0.25, 0.3) is 6.08 Å². The van der Waals surface area contributed by atoms with Crippen molar-refractivity contribution in [3.05, 3.63) is 41.5 Å². The van der Waals surface area contributed by atoms with E-state index >= 15 is 0 Å². The molecule has 0 fully saturated rings. The Labute approximate surface area is 89.3 Å². The van der Waals surface area contributed by atoms with Crippen molar-refractivity contribution in [1.82, 2.24) is 0 Å². The first-order valence-corrected chi connectivity index (χ1v) is 4.59. The zero-order valence-electron chi connectivity index (χ0n) is 8.84. The zero-order valence-corrected chi connectivity index (χ0v) is 8.84. The molecule has 0 unspecified atom stereocenters. The molecule has 0 amide bonds. The Kier molecular flexibility index (Phi) is 4.74. The first-order valence-electron chi connectivity index (χ1n) is 4.59. The maximum atomic E-state index is 10.2. The van der Waals surface area contributed by atoms with Gasteiger partial charge in [0.15, 0.2) is 6.29 Å². The normalized spacial score (nSPS) is 11.1. The van der Waals surface area contributed by atoms with Crippen molar-refractivity contribution in [1.29, 1.82) is 0 Å². The third-order valence-electron chi connectivity index (χ3n) is 2.03. The predicted octanol–water partition coefficient (Wildman–Crippen LogP) is 2.19. The average Bonchev–Trinajstić information content (AvgIpc) is 2.29. The lowest BCUT2D eigenvalue weighted by Crippen LogP contribution is -2.05. The van der Waals surface area contributed by atoms with Crippen LogP contribution in [0.1, 0.15) is 17.4 Å². The van der Waals surface area contributed by atoms with Gasteiger partial charge < -0.3 is 9.47 Å². The molecule has 1 aromatic rings. The number of allylic oxidation sites excluding steroid dienone is 1. The summed E-state index contributed by atoms with van der Waals surface area (Å²) >= 11 is 0. The molecule has 3 nitrogen and oxygen atoms in total. The topological polar surface area (TPSA) is 35.5 Å². The minimum absolute atomic E-state index is 0.405. The van der Waals surface area contributed by atoms with Gasteiger partial charge in [-0.05, 0) is 11.6 Å². The van der Waals surface area contributed by atoms with Crippen LogP contribution in [-0.2, 0) is 14.3 Å². The van der Waals surface area contributed by atoms with Crippen LogP contribution >= 0.6 is 0 Å². The largest absolute Gasteiger partial charge is 0.352 e. The Morgan fingerprint density at radius 3 is 2.47 bits per heavy atom. The zero-order chi connectivity index (χ0) is 11.1. The Hall–Kier alpha value is -1.45. The Bertz CT molecular complexity index is 340. The van der Waals surface area contributed by atoms with Crippen LogP contribution < -0.4 is 0 Å². The van der Waals surface area contributed by atoms with Crippen molar-refractivity contribution in [2.45, 2.75) is 6.29 Å². The van der Waals surface area contributed by atoms with Gasteiger partial charge in [-0.3, -0.25) is 4.79 Å². The van der Waals surface area contributed by atoms with Crippen molar-refractivity contribution in [2.24, 2.45) is 0 Å². The van der Waals surface area contributed by atoms with Crippen LogP contribution in [0.15, 0.2) is 30.3 Å². The number of carbonyl (C=O) groups is 1. The fraction of sp³-hybridized carbons (Fsp3) is 0.250. The highest BCUT2D eigenvalue weighted by molar-refractivity contribution is 5.74. The number of aldehydes is 1. The molecule has 1 aromatic carbocycles. The third kappa shape index (κ3) is 3.01. The number of rotatable bonds is 5. The molecule has 80 valence electrons. The van der Waals surface area contributed by atoms with Crippen LogP contribution in [-0.4, -0.2) is 20.5 Å². The quantitative estimate of drug-likeness (QED) is 0.421. The van der Waals surface area contributed by atoms with E-state index in [0.717, 1.165) is 17.4 Å². The number of methoxy groups -OCH3 is 2. The van der Waals surface area contributed by atoms with Gasteiger partial charge in [0.1, 0.15) is 6.29 Å². The minimum Gasteiger partial charge on any atom is -0.352 e. The Morgan fingerprint density at radius 2 is 1.87 bits per heavy atom. The van der Waals surface area contributed by atoms with E-state index in [1.807, 2.05) is 24.3 Å². The number of ether oxygens (including phenoxy) is 2. The third-order valence-corrected chi connectivity index (χ3v) is 2.03. The van der Waals surface area contributed by atoms with Gasteiger partial charge in [-0.25, -0.2) is 0 Å². The van der Waals surface area contributed by atoms with Gasteiger partial charge in [0.05, 0.1) is 0 Å². The molecular formula is C12H14O3. The molecule has 0 radical (unpaired) electrons. The van der Waals surface area contributed by atoms with Crippen molar-refractivity contribution in [2.75, 3.05) is 14.2 Å². The fourth-order valence-electron chi connectivity index (χ4n) is 1.37. The lowest BCUT2D eigenvalue weighted by Gasteiger charge is -2.15. The molecular weight excluding hydrogens is 192 g/mol. The molecule has 0 aliphatic heterocycles. The van der Waals surface area contributed by atoms with Gasteiger partial charge in [-0.2, -0.15) is 0 Å². The smallest absolute Gasteiger partial charge is 0.183 e. The second-order valence-corrected chi connectivity index (χ2v) is 2.93. The van der Waals surface area contributed by atoms with Crippen LogP contribution in [0.4, 0.5) is 0 Å². The van der Waals surface area contributed by atoms with E-state index in [2.05, 4.69) is 0 Å². The maximum Gasteiger partial charge on any atom is 0.183 e.